The number of hydrogen-bond acceptors (Lipinski definition) is 3. The van der Waals surface area contributed by atoms with E-state index >= 15 is 0 Å². The van der Waals surface area contributed by atoms with Crippen LogP contribution in [0.3, 0.4) is 0 Å². The molecule has 2 heterocycles. The molecular formula is C17H23N3. The van der Waals surface area contributed by atoms with Crippen LogP contribution in [-0.4, -0.2) is 17.6 Å². The minimum atomic E-state index is 0.554. The lowest BCUT2D eigenvalue weighted by Gasteiger charge is -2.43. The highest BCUT2D eigenvalue weighted by Gasteiger charge is 2.29. The average Bonchev–Trinajstić information content (AvgIpc) is 2.44. The Labute approximate surface area is 120 Å². The molecule has 1 fully saturated rings. The highest BCUT2D eigenvalue weighted by molar-refractivity contribution is 6.00. The summed E-state index contributed by atoms with van der Waals surface area (Å²) in [6.07, 6.45) is 5.06. The number of nitrogen functional groups attached to an aromatic ring is 1. The molecule has 3 heteroatoms. The summed E-state index contributed by atoms with van der Waals surface area (Å²) >= 11 is 0. The second kappa shape index (κ2) is 4.97. The first-order valence-electron chi connectivity index (χ1n) is 7.46. The van der Waals surface area contributed by atoms with Gasteiger partial charge in [-0.1, -0.05) is 13.8 Å². The van der Waals surface area contributed by atoms with Crippen LogP contribution in [0.25, 0.3) is 10.8 Å². The lowest BCUT2D eigenvalue weighted by Crippen LogP contribution is -2.45. The Morgan fingerprint density at radius 1 is 1.15 bits per heavy atom. The van der Waals surface area contributed by atoms with Gasteiger partial charge in [-0.15, -0.1) is 0 Å². The van der Waals surface area contributed by atoms with Gasteiger partial charge in [-0.3, -0.25) is 4.98 Å². The van der Waals surface area contributed by atoms with E-state index in [1.165, 1.54) is 17.5 Å². The zero-order valence-corrected chi connectivity index (χ0v) is 12.5. The maximum absolute atomic E-state index is 6.10. The maximum Gasteiger partial charge on any atom is 0.0465 e. The van der Waals surface area contributed by atoms with Crippen molar-refractivity contribution < 1.29 is 0 Å². The predicted molar refractivity (Wildman–Crippen MR) is 85.9 cm³/mol. The van der Waals surface area contributed by atoms with E-state index in [4.69, 9.17) is 5.73 Å². The van der Waals surface area contributed by atoms with E-state index in [-0.39, 0.29) is 0 Å². The number of piperidine rings is 1. The Morgan fingerprint density at radius 3 is 2.75 bits per heavy atom. The van der Waals surface area contributed by atoms with Crippen LogP contribution < -0.4 is 10.6 Å². The van der Waals surface area contributed by atoms with Crippen LogP contribution in [-0.2, 0) is 0 Å². The van der Waals surface area contributed by atoms with Crippen molar-refractivity contribution >= 4 is 22.1 Å². The fourth-order valence-corrected chi connectivity index (χ4v) is 3.48. The first-order valence-corrected chi connectivity index (χ1v) is 7.46. The van der Waals surface area contributed by atoms with E-state index in [9.17, 15) is 0 Å². The Morgan fingerprint density at radius 2 is 1.95 bits per heavy atom. The van der Waals surface area contributed by atoms with Crippen LogP contribution in [0.2, 0.25) is 0 Å². The molecule has 0 spiro atoms. The number of hydrogen-bond donors (Lipinski definition) is 1. The molecule has 0 saturated carbocycles. The molecule has 3 atom stereocenters. The van der Waals surface area contributed by atoms with Crippen molar-refractivity contribution in [1.29, 1.82) is 0 Å². The molecule has 20 heavy (non-hydrogen) atoms. The van der Waals surface area contributed by atoms with Gasteiger partial charge in [-0.25, -0.2) is 0 Å². The summed E-state index contributed by atoms with van der Waals surface area (Å²) in [7, 11) is 0. The molecule has 1 aromatic carbocycles. The molecule has 0 aliphatic carbocycles. The largest absolute Gasteiger partial charge is 0.398 e. The summed E-state index contributed by atoms with van der Waals surface area (Å²) in [4.78, 5) is 6.82. The number of nitrogens with two attached hydrogens (primary N) is 1. The van der Waals surface area contributed by atoms with Gasteiger partial charge in [0.1, 0.15) is 0 Å². The third-order valence-electron chi connectivity index (χ3n) is 4.74. The van der Waals surface area contributed by atoms with E-state index < -0.39 is 0 Å². The Kier molecular flexibility index (Phi) is 3.28. The lowest BCUT2D eigenvalue weighted by atomic mass is 9.85. The number of anilines is 2. The van der Waals surface area contributed by atoms with Crippen molar-refractivity contribution in [2.75, 3.05) is 17.2 Å². The lowest BCUT2D eigenvalue weighted by molar-refractivity contribution is 0.297. The molecule has 2 aromatic rings. The summed E-state index contributed by atoms with van der Waals surface area (Å²) < 4.78 is 0. The van der Waals surface area contributed by atoms with E-state index in [2.05, 4.69) is 36.7 Å². The number of rotatable bonds is 1. The van der Waals surface area contributed by atoms with E-state index in [0.29, 0.717) is 12.0 Å². The molecule has 1 saturated heterocycles. The molecule has 106 valence electrons. The number of pyridine rings is 1. The number of nitrogens with zero attached hydrogens (tertiary/aromatic N) is 2. The van der Waals surface area contributed by atoms with Gasteiger partial charge in [0.25, 0.3) is 0 Å². The number of fused-ring (bicyclic) bond motifs is 1. The molecule has 0 amide bonds. The molecule has 0 radical (unpaired) electrons. The van der Waals surface area contributed by atoms with Crippen molar-refractivity contribution in [2.45, 2.75) is 33.2 Å². The van der Waals surface area contributed by atoms with Gasteiger partial charge in [0.05, 0.1) is 0 Å². The van der Waals surface area contributed by atoms with Crippen molar-refractivity contribution in [1.82, 2.24) is 4.98 Å². The van der Waals surface area contributed by atoms with E-state index in [1.807, 2.05) is 24.5 Å². The van der Waals surface area contributed by atoms with Crippen molar-refractivity contribution in [3.8, 4) is 0 Å². The molecule has 3 nitrogen and oxygen atoms in total. The van der Waals surface area contributed by atoms with Gasteiger partial charge < -0.3 is 10.6 Å². The molecule has 3 unspecified atom stereocenters. The maximum atomic E-state index is 6.10. The molecule has 1 aliphatic rings. The van der Waals surface area contributed by atoms with E-state index in [0.717, 1.165) is 23.5 Å². The van der Waals surface area contributed by atoms with Crippen molar-refractivity contribution in [3.63, 3.8) is 0 Å². The second-order valence-corrected chi connectivity index (χ2v) is 6.31. The van der Waals surface area contributed by atoms with Crippen molar-refractivity contribution in [3.05, 3.63) is 30.6 Å². The van der Waals surface area contributed by atoms with Gasteiger partial charge in [-0.05, 0) is 43.4 Å². The minimum absolute atomic E-state index is 0.554. The summed E-state index contributed by atoms with van der Waals surface area (Å²) in [5, 5.41) is 2.27. The van der Waals surface area contributed by atoms with Crippen LogP contribution in [0.4, 0.5) is 11.4 Å². The Bertz CT molecular complexity index is 623. The van der Waals surface area contributed by atoms with E-state index in [1.54, 1.807) is 0 Å². The fourth-order valence-electron chi connectivity index (χ4n) is 3.48. The minimum Gasteiger partial charge on any atom is -0.398 e. The van der Waals surface area contributed by atoms with Gasteiger partial charge in [0.2, 0.25) is 0 Å². The number of aromatic nitrogens is 1. The highest BCUT2D eigenvalue weighted by Crippen LogP contribution is 2.36. The molecule has 0 bridgehead atoms. The molecule has 3 rings (SSSR count). The van der Waals surface area contributed by atoms with Crippen LogP contribution in [0.15, 0.2) is 30.6 Å². The van der Waals surface area contributed by atoms with Gasteiger partial charge in [-0.2, -0.15) is 0 Å². The Balaban J connectivity index is 2.12. The predicted octanol–water partition coefficient (Wildman–Crippen LogP) is 3.69. The normalized spacial score (nSPS) is 26.9. The summed E-state index contributed by atoms with van der Waals surface area (Å²) in [6, 6.07) is 6.74. The number of benzene rings is 1. The average molecular weight is 269 g/mol. The zero-order chi connectivity index (χ0) is 14.3. The summed E-state index contributed by atoms with van der Waals surface area (Å²) in [6.45, 7) is 8.13. The van der Waals surface area contributed by atoms with Crippen LogP contribution in [0.1, 0.15) is 27.2 Å². The summed E-state index contributed by atoms with van der Waals surface area (Å²) in [5.41, 5.74) is 8.20. The third kappa shape index (κ3) is 2.11. The molecule has 1 aliphatic heterocycles. The standard InChI is InChI=1S/C17H23N3/c1-11-8-12(2)13(3)20(10-11)17-5-4-16(18)14-6-7-19-9-15(14)17/h4-7,9,11-13H,8,10,18H2,1-3H3. The SMILES string of the molecule is CC1CC(C)C(C)N(c2ccc(N)c3ccncc23)C1. The Hall–Kier alpha value is -1.77. The second-order valence-electron chi connectivity index (χ2n) is 6.31. The summed E-state index contributed by atoms with van der Waals surface area (Å²) in [5.74, 6) is 1.44. The van der Waals surface area contributed by atoms with Crippen LogP contribution >= 0.6 is 0 Å². The quantitative estimate of drug-likeness (QED) is 0.803. The van der Waals surface area contributed by atoms with Crippen molar-refractivity contribution in [2.24, 2.45) is 11.8 Å². The van der Waals surface area contributed by atoms with Gasteiger partial charge >= 0.3 is 0 Å². The first-order chi connectivity index (χ1) is 9.58. The monoisotopic (exact) mass is 269 g/mol. The molecule has 2 N–H and O–H groups in total. The zero-order valence-electron chi connectivity index (χ0n) is 12.5. The molecular weight excluding hydrogens is 246 g/mol. The topological polar surface area (TPSA) is 42.1 Å². The van der Waals surface area contributed by atoms with Gasteiger partial charge in [0, 0.05) is 47.1 Å². The van der Waals surface area contributed by atoms with Gasteiger partial charge in [0.15, 0.2) is 0 Å². The highest BCUT2D eigenvalue weighted by atomic mass is 15.2. The van der Waals surface area contributed by atoms with Crippen LogP contribution in [0, 0.1) is 11.8 Å². The fraction of sp³-hybridized carbons (Fsp3) is 0.471. The smallest absolute Gasteiger partial charge is 0.0465 e. The van der Waals surface area contributed by atoms with Crippen LogP contribution in [0.5, 0.6) is 0 Å². The molecule has 1 aromatic heterocycles. The third-order valence-corrected chi connectivity index (χ3v) is 4.74. The first kappa shape index (κ1) is 13.2.